The summed E-state index contributed by atoms with van der Waals surface area (Å²) in [6.45, 7) is 2.10. The molecule has 90 valence electrons. The Labute approximate surface area is 111 Å². The average molecular weight is 254 g/mol. The third-order valence-electron chi connectivity index (χ3n) is 2.86. The first-order valence-electron chi connectivity index (χ1n) is 5.88. The number of hydrogen-bond donors (Lipinski definition) is 2. The number of fused-ring (bicyclic) bond motifs is 1. The van der Waals surface area contributed by atoms with Gasteiger partial charge in [-0.3, -0.25) is 0 Å². The van der Waals surface area contributed by atoms with E-state index in [0.717, 1.165) is 5.69 Å². The minimum absolute atomic E-state index is 1.12. The van der Waals surface area contributed by atoms with Crippen molar-refractivity contribution in [2.24, 2.45) is 0 Å². The number of aryl methyl sites for hydroxylation is 1. The monoisotopic (exact) mass is 254 g/mol. The van der Waals surface area contributed by atoms with Crippen LogP contribution < -0.4 is 4.72 Å². The number of nitrogens with one attached hydrogen (secondary N) is 2. The standard InChI is InChI=1S/C15H14N2S/c1-11-2-5-14(6-3-11)18-17-13-4-7-15-12(10-13)8-9-16-15/h2-10,16-17H,1H3. The molecule has 0 saturated carbocycles. The van der Waals surface area contributed by atoms with Crippen LogP contribution in [0.5, 0.6) is 0 Å². The second-order valence-corrected chi connectivity index (χ2v) is 5.18. The van der Waals surface area contributed by atoms with Crippen molar-refractivity contribution in [1.82, 2.24) is 4.98 Å². The number of anilines is 1. The molecule has 0 bridgehead atoms. The second-order valence-electron chi connectivity index (χ2n) is 4.30. The van der Waals surface area contributed by atoms with E-state index in [-0.39, 0.29) is 0 Å². The summed E-state index contributed by atoms with van der Waals surface area (Å²) in [5, 5.41) is 1.23. The molecule has 0 amide bonds. The molecule has 2 nitrogen and oxygen atoms in total. The lowest BCUT2D eigenvalue weighted by atomic mass is 10.2. The van der Waals surface area contributed by atoms with Crippen molar-refractivity contribution in [3.05, 3.63) is 60.3 Å². The zero-order valence-corrected chi connectivity index (χ0v) is 10.9. The third-order valence-corrected chi connectivity index (χ3v) is 3.71. The number of aromatic amines is 1. The Balaban J connectivity index is 1.74. The zero-order valence-electron chi connectivity index (χ0n) is 10.1. The fourth-order valence-electron chi connectivity index (χ4n) is 1.84. The third kappa shape index (κ3) is 2.36. The van der Waals surface area contributed by atoms with E-state index in [2.05, 4.69) is 65.2 Å². The number of H-pyrrole nitrogens is 1. The number of benzene rings is 2. The lowest BCUT2D eigenvalue weighted by molar-refractivity contribution is 1.38. The first kappa shape index (κ1) is 11.2. The van der Waals surface area contributed by atoms with E-state index in [0.29, 0.717) is 0 Å². The Kier molecular flexibility index (Phi) is 2.99. The lowest BCUT2D eigenvalue weighted by Crippen LogP contribution is -1.86. The number of hydrogen-bond acceptors (Lipinski definition) is 2. The predicted molar refractivity (Wildman–Crippen MR) is 79.0 cm³/mol. The van der Waals surface area contributed by atoms with Crippen LogP contribution in [0.25, 0.3) is 10.9 Å². The second kappa shape index (κ2) is 4.78. The van der Waals surface area contributed by atoms with Gasteiger partial charge in [0, 0.05) is 27.7 Å². The molecule has 0 atom stereocenters. The Bertz CT molecular complexity index is 656. The molecular weight excluding hydrogens is 240 g/mol. The smallest absolute Gasteiger partial charge is 0.0455 e. The fraction of sp³-hybridized carbons (Fsp3) is 0.0667. The van der Waals surface area contributed by atoms with E-state index in [1.165, 1.54) is 21.4 Å². The summed E-state index contributed by atoms with van der Waals surface area (Å²) in [7, 11) is 0. The highest BCUT2D eigenvalue weighted by Crippen LogP contribution is 2.24. The van der Waals surface area contributed by atoms with E-state index in [4.69, 9.17) is 0 Å². The Morgan fingerprint density at radius 2 is 1.83 bits per heavy atom. The number of rotatable bonds is 3. The van der Waals surface area contributed by atoms with Crippen molar-refractivity contribution in [3.63, 3.8) is 0 Å². The van der Waals surface area contributed by atoms with Gasteiger partial charge in [-0.15, -0.1) is 0 Å². The van der Waals surface area contributed by atoms with Crippen LogP contribution in [-0.4, -0.2) is 4.98 Å². The van der Waals surface area contributed by atoms with Gasteiger partial charge in [-0.2, -0.15) is 0 Å². The molecule has 0 spiro atoms. The maximum atomic E-state index is 3.37. The molecule has 0 radical (unpaired) electrons. The highest BCUT2D eigenvalue weighted by Gasteiger charge is 1.98. The van der Waals surface area contributed by atoms with Crippen LogP contribution >= 0.6 is 11.9 Å². The van der Waals surface area contributed by atoms with Crippen LogP contribution in [0.4, 0.5) is 5.69 Å². The first-order valence-corrected chi connectivity index (χ1v) is 6.69. The molecule has 0 aliphatic heterocycles. The molecule has 0 aliphatic carbocycles. The van der Waals surface area contributed by atoms with Gasteiger partial charge in [0.1, 0.15) is 0 Å². The molecule has 18 heavy (non-hydrogen) atoms. The molecule has 1 heterocycles. The topological polar surface area (TPSA) is 27.8 Å². The molecule has 0 saturated heterocycles. The molecule has 0 aliphatic rings. The molecule has 2 aromatic carbocycles. The normalized spacial score (nSPS) is 10.7. The van der Waals surface area contributed by atoms with E-state index < -0.39 is 0 Å². The van der Waals surface area contributed by atoms with Gasteiger partial charge in [0.15, 0.2) is 0 Å². The van der Waals surface area contributed by atoms with Crippen LogP contribution in [0, 0.1) is 6.92 Å². The summed E-state index contributed by atoms with van der Waals surface area (Å²) in [6.07, 6.45) is 1.96. The molecule has 3 rings (SSSR count). The summed E-state index contributed by atoms with van der Waals surface area (Å²) < 4.78 is 3.37. The summed E-state index contributed by atoms with van der Waals surface area (Å²) in [5.41, 5.74) is 3.57. The zero-order chi connectivity index (χ0) is 12.4. The van der Waals surface area contributed by atoms with Crippen molar-refractivity contribution in [2.75, 3.05) is 4.72 Å². The van der Waals surface area contributed by atoms with Crippen molar-refractivity contribution < 1.29 is 0 Å². The van der Waals surface area contributed by atoms with Crippen LogP contribution in [0.15, 0.2) is 59.6 Å². The fourth-order valence-corrected chi connectivity index (χ4v) is 2.48. The van der Waals surface area contributed by atoms with E-state index >= 15 is 0 Å². The maximum Gasteiger partial charge on any atom is 0.0455 e. The Hall–Kier alpha value is -1.87. The van der Waals surface area contributed by atoms with Crippen molar-refractivity contribution in [1.29, 1.82) is 0 Å². The van der Waals surface area contributed by atoms with Gasteiger partial charge in [0.25, 0.3) is 0 Å². The van der Waals surface area contributed by atoms with Gasteiger partial charge in [0.05, 0.1) is 0 Å². The number of aromatic nitrogens is 1. The summed E-state index contributed by atoms with van der Waals surface area (Å²) >= 11 is 1.63. The highest BCUT2D eigenvalue weighted by atomic mass is 32.2. The van der Waals surface area contributed by atoms with Crippen molar-refractivity contribution in [2.45, 2.75) is 11.8 Å². The van der Waals surface area contributed by atoms with Crippen LogP contribution in [0.2, 0.25) is 0 Å². The molecule has 3 heteroatoms. The quantitative estimate of drug-likeness (QED) is 0.669. The largest absolute Gasteiger partial charge is 0.361 e. The van der Waals surface area contributed by atoms with Gasteiger partial charge in [-0.05, 0) is 55.3 Å². The van der Waals surface area contributed by atoms with Crippen LogP contribution in [0.3, 0.4) is 0 Å². The summed E-state index contributed by atoms with van der Waals surface area (Å²) in [5.74, 6) is 0. The summed E-state index contributed by atoms with van der Waals surface area (Å²) in [4.78, 5) is 4.41. The molecule has 2 N–H and O–H groups in total. The molecular formula is C15H14N2S. The van der Waals surface area contributed by atoms with Gasteiger partial charge >= 0.3 is 0 Å². The summed E-state index contributed by atoms with van der Waals surface area (Å²) in [6, 6.07) is 16.9. The predicted octanol–water partition coefficient (Wildman–Crippen LogP) is 4.60. The minimum Gasteiger partial charge on any atom is -0.361 e. The van der Waals surface area contributed by atoms with E-state index in [1.54, 1.807) is 11.9 Å². The average Bonchev–Trinajstić information content (AvgIpc) is 2.85. The van der Waals surface area contributed by atoms with Crippen molar-refractivity contribution in [3.8, 4) is 0 Å². The van der Waals surface area contributed by atoms with E-state index in [1.807, 2.05) is 6.20 Å². The minimum atomic E-state index is 1.12. The molecule has 0 fully saturated rings. The maximum absolute atomic E-state index is 3.37. The SMILES string of the molecule is Cc1ccc(SNc2ccc3[nH]ccc3c2)cc1. The van der Waals surface area contributed by atoms with Gasteiger partial charge in [-0.1, -0.05) is 17.7 Å². The van der Waals surface area contributed by atoms with Gasteiger partial charge in [0.2, 0.25) is 0 Å². The molecule has 1 aromatic heterocycles. The van der Waals surface area contributed by atoms with Crippen LogP contribution in [0.1, 0.15) is 5.56 Å². The lowest BCUT2D eigenvalue weighted by Gasteiger charge is -2.05. The molecule has 3 aromatic rings. The van der Waals surface area contributed by atoms with E-state index in [9.17, 15) is 0 Å². The Morgan fingerprint density at radius 1 is 1.00 bits per heavy atom. The van der Waals surface area contributed by atoms with Gasteiger partial charge < -0.3 is 9.71 Å². The molecule has 0 unspecified atom stereocenters. The Morgan fingerprint density at radius 3 is 2.67 bits per heavy atom. The van der Waals surface area contributed by atoms with Crippen LogP contribution in [-0.2, 0) is 0 Å². The van der Waals surface area contributed by atoms with Crippen molar-refractivity contribution >= 4 is 28.5 Å². The highest BCUT2D eigenvalue weighted by molar-refractivity contribution is 8.00. The van der Waals surface area contributed by atoms with Gasteiger partial charge in [-0.25, -0.2) is 0 Å². The first-order chi connectivity index (χ1) is 8.81.